The highest BCUT2D eigenvalue weighted by Crippen LogP contribution is 2.50. The number of halogens is 2. The van der Waals surface area contributed by atoms with Crippen molar-refractivity contribution in [3.8, 4) is 23.0 Å². The van der Waals surface area contributed by atoms with E-state index in [1.165, 1.54) is 6.42 Å². The van der Waals surface area contributed by atoms with E-state index < -0.39 is 6.10 Å². The highest BCUT2D eigenvalue weighted by atomic mass is 35.5. The molecule has 0 aliphatic carbocycles. The van der Waals surface area contributed by atoms with Gasteiger partial charge in [-0.3, -0.25) is 4.90 Å². The van der Waals surface area contributed by atoms with Crippen LogP contribution in [0.5, 0.6) is 23.0 Å². The van der Waals surface area contributed by atoms with Crippen molar-refractivity contribution in [2.24, 2.45) is 5.92 Å². The lowest BCUT2D eigenvalue weighted by atomic mass is 9.86. The Kier molecular flexibility index (Phi) is 7.30. The van der Waals surface area contributed by atoms with E-state index in [4.69, 9.17) is 32.7 Å². The Morgan fingerprint density at radius 1 is 1.05 bits per heavy atom. The fourth-order valence-corrected chi connectivity index (χ4v) is 5.67. The summed E-state index contributed by atoms with van der Waals surface area (Å²) in [6.45, 7) is 9.35. The minimum atomic E-state index is -0.492. The Bertz CT molecular complexity index is 1340. The molecule has 0 spiro atoms. The molecule has 1 fully saturated rings. The molecule has 2 aliphatic heterocycles. The molecule has 0 saturated carbocycles. The average molecular weight is 540 g/mol. The molecule has 5 rings (SSSR count). The quantitative estimate of drug-likeness (QED) is 0.338. The van der Waals surface area contributed by atoms with Crippen molar-refractivity contribution in [2.75, 3.05) is 19.7 Å². The number of phenols is 2. The Labute approximate surface area is 227 Å². The van der Waals surface area contributed by atoms with Crippen LogP contribution in [0.1, 0.15) is 50.0 Å². The summed E-state index contributed by atoms with van der Waals surface area (Å²) in [5.41, 5.74) is 3.98. The van der Waals surface area contributed by atoms with Crippen molar-refractivity contribution < 1.29 is 19.7 Å². The van der Waals surface area contributed by atoms with E-state index in [-0.39, 0.29) is 21.5 Å². The number of fused-ring (bicyclic) bond motifs is 1. The lowest BCUT2D eigenvalue weighted by Crippen LogP contribution is -2.35. The number of benzene rings is 3. The number of allylic oxidation sites excluding steroid dienone is 1. The lowest BCUT2D eigenvalue weighted by Gasteiger charge is -2.31. The molecule has 3 aromatic rings. The minimum absolute atomic E-state index is 0.142. The lowest BCUT2D eigenvalue weighted by molar-refractivity contribution is 0.169. The normalized spacial score (nSPS) is 20.5. The summed E-state index contributed by atoms with van der Waals surface area (Å²) in [5.74, 6) is 2.17. The summed E-state index contributed by atoms with van der Waals surface area (Å²) in [6, 6.07) is 16.7. The number of phenolic OH excluding ortho intramolecular Hbond substituents is 2. The number of hydrogen-bond donors (Lipinski definition) is 2. The number of aromatic hydroxyl groups is 2. The third-order valence-electron chi connectivity index (χ3n) is 7.39. The number of ether oxygens (including phenoxy) is 2. The first kappa shape index (κ1) is 25.8. The molecule has 0 amide bonds. The van der Waals surface area contributed by atoms with Crippen LogP contribution < -0.4 is 9.47 Å². The molecule has 3 unspecified atom stereocenters. The topological polar surface area (TPSA) is 62.2 Å². The van der Waals surface area contributed by atoms with Gasteiger partial charge in [-0.2, -0.15) is 0 Å². The Morgan fingerprint density at radius 2 is 1.81 bits per heavy atom. The zero-order valence-corrected chi connectivity index (χ0v) is 22.7. The first-order chi connectivity index (χ1) is 17.7. The van der Waals surface area contributed by atoms with Gasteiger partial charge in [-0.05, 0) is 80.3 Å². The van der Waals surface area contributed by atoms with E-state index in [0.717, 1.165) is 47.0 Å². The van der Waals surface area contributed by atoms with Crippen LogP contribution in [-0.2, 0) is 0 Å². The molecule has 194 valence electrons. The first-order valence-electron chi connectivity index (χ1n) is 12.6. The molecule has 0 bridgehead atoms. The third-order valence-corrected chi connectivity index (χ3v) is 8.08. The van der Waals surface area contributed by atoms with E-state index in [2.05, 4.69) is 18.7 Å². The van der Waals surface area contributed by atoms with Crippen LogP contribution in [0.2, 0.25) is 10.0 Å². The van der Waals surface area contributed by atoms with Gasteiger partial charge < -0.3 is 19.7 Å². The number of rotatable bonds is 6. The summed E-state index contributed by atoms with van der Waals surface area (Å²) in [5, 5.41) is 20.9. The standard InChI is InChI=1S/C30H31Cl2NO4/c1-17-12-13-33(15-17)18(2)16-36-22-7-4-20(5-8-22)30-27(23-9-10-25(31)29(35)28(23)32)19(3)24-14-21(34)6-11-26(24)37-30/h4-11,14,17-18,30,34-35H,12-13,15-16H2,1-3H3. The SMILES string of the molecule is CC1=C(c2ccc(Cl)c(O)c2Cl)C(c2ccc(OCC(C)N3CCC(C)C3)cc2)Oc2ccc(O)cc21. The molecular weight excluding hydrogens is 509 g/mol. The van der Waals surface area contributed by atoms with Gasteiger partial charge in [-0.25, -0.2) is 0 Å². The average Bonchev–Trinajstić information content (AvgIpc) is 3.33. The van der Waals surface area contributed by atoms with Crippen LogP contribution in [-0.4, -0.2) is 40.9 Å². The van der Waals surface area contributed by atoms with Crippen molar-refractivity contribution in [2.45, 2.75) is 39.3 Å². The van der Waals surface area contributed by atoms with Gasteiger partial charge in [0.05, 0.1) is 10.0 Å². The molecule has 3 aromatic carbocycles. The molecular formula is C30H31Cl2NO4. The van der Waals surface area contributed by atoms with E-state index >= 15 is 0 Å². The second kappa shape index (κ2) is 10.5. The molecule has 2 N–H and O–H groups in total. The molecule has 5 nitrogen and oxygen atoms in total. The van der Waals surface area contributed by atoms with E-state index in [0.29, 0.717) is 24.0 Å². The predicted molar refractivity (Wildman–Crippen MR) is 149 cm³/mol. The minimum Gasteiger partial charge on any atom is -0.508 e. The van der Waals surface area contributed by atoms with Crippen LogP contribution >= 0.6 is 23.2 Å². The smallest absolute Gasteiger partial charge is 0.153 e. The van der Waals surface area contributed by atoms with E-state index in [1.807, 2.05) is 31.2 Å². The zero-order chi connectivity index (χ0) is 26.3. The van der Waals surface area contributed by atoms with Gasteiger partial charge >= 0.3 is 0 Å². The third kappa shape index (κ3) is 5.13. The highest BCUT2D eigenvalue weighted by molar-refractivity contribution is 6.38. The van der Waals surface area contributed by atoms with Crippen LogP contribution in [0.25, 0.3) is 11.1 Å². The predicted octanol–water partition coefficient (Wildman–Crippen LogP) is 7.58. The Hall–Kier alpha value is -2.86. The molecule has 0 aromatic heterocycles. The number of likely N-dealkylation sites (tertiary alicyclic amines) is 1. The molecule has 37 heavy (non-hydrogen) atoms. The van der Waals surface area contributed by atoms with Gasteiger partial charge in [0.2, 0.25) is 0 Å². The van der Waals surface area contributed by atoms with Gasteiger partial charge in [0.25, 0.3) is 0 Å². The van der Waals surface area contributed by atoms with Crippen LogP contribution in [0.4, 0.5) is 0 Å². The number of hydrogen-bond acceptors (Lipinski definition) is 5. The second-order valence-corrected chi connectivity index (χ2v) is 10.9. The molecule has 0 radical (unpaired) electrons. The first-order valence-corrected chi connectivity index (χ1v) is 13.3. The van der Waals surface area contributed by atoms with Crippen molar-refractivity contribution in [3.63, 3.8) is 0 Å². The largest absolute Gasteiger partial charge is 0.508 e. The van der Waals surface area contributed by atoms with Crippen molar-refractivity contribution in [3.05, 3.63) is 81.3 Å². The van der Waals surface area contributed by atoms with Crippen LogP contribution in [0.15, 0.2) is 54.6 Å². The Balaban J connectivity index is 1.45. The summed E-state index contributed by atoms with van der Waals surface area (Å²) in [7, 11) is 0. The summed E-state index contributed by atoms with van der Waals surface area (Å²) < 4.78 is 12.6. The summed E-state index contributed by atoms with van der Waals surface area (Å²) in [4.78, 5) is 2.48. The molecule has 1 saturated heterocycles. The second-order valence-electron chi connectivity index (χ2n) is 10.1. The maximum absolute atomic E-state index is 10.4. The Morgan fingerprint density at radius 3 is 2.51 bits per heavy atom. The van der Waals surface area contributed by atoms with Gasteiger partial charge in [-0.1, -0.05) is 48.3 Å². The van der Waals surface area contributed by atoms with Crippen molar-refractivity contribution >= 4 is 34.3 Å². The van der Waals surface area contributed by atoms with Crippen LogP contribution in [0.3, 0.4) is 0 Å². The molecule has 7 heteroatoms. The van der Waals surface area contributed by atoms with Crippen molar-refractivity contribution in [1.29, 1.82) is 0 Å². The zero-order valence-electron chi connectivity index (χ0n) is 21.2. The maximum Gasteiger partial charge on any atom is 0.153 e. The molecule has 3 atom stereocenters. The fraction of sp³-hybridized carbons (Fsp3) is 0.333. The van der Waals surface area contributed by atoms with Crippen molar-refractivity contribution in [1.82, 2.24) is 4.90 Å². The fourth-order valence-electron chi connectivity index (χ4n) is 5.20. The maximum atomic E-state index is 10.4. The number of nitrogens with zero attached hydrogens (tertiary/aromatic N) is 1. The summed E-state index contributed by atoms with van der Waals surface area (Å²) >= 11 is 12.7. The summed E-state index contributed by atoms with van der Waals surface area (Å²) in [6.07, 6.45) is 0.752. The van der Waals surface area contributed by atoms with Crippen LogP contribution in [0, 0.1) is 5.92 Å². The van der Waals surface area contributed by atoms with Gasteiger partial charge in [0.15, 0.2) is 5.75 Å². The highest BCUT2D eigenvalue weighted by Gasteiger charge is 2.31. The molecule has 2 aliphatic rings. The monoisotopic (exact) mass is 539 g/mol. The van der Waals surface area contributed by atoms with E-state index in [9.17, 15) is 10.2 Å². The molecule has 2 heterocycles. The van der Waals surface area contributed by atoms with Gasteiger partial charge in [0, 0.05) is 29.3 Å². The van der Waals surface area contributed by atoms with E-state index in [1.54, 1.807) is 30.3 Å². The van der Waals surface area contributed by atoms with Gasteiger partial charge in [-0.15, -0.1) is 0 Å². The van der Waals surface area contributed by atoms with Gasteiger partial charge in [0.1, 0.15) is 30.0 Å².